The molecule has 1 saturated heterocycles. The van der Waals surface area contributed by atoms with Crippen LogP contribution in [0.3, 0.4) is 0 Å². The molecule has 1 aromatic heterocycles. The molecule has 2 aliphatic heterocycles. The number of fused-ring (bicyclic) bond motifs is 2. The molecule has 40 heavy (non-hydrogen) atoms. The van der Waals surface area contributed by atoms with Gasteiger partial charge in [0.1, 0.15) is 17.6 Å². The van der Waals surface area contributed by atoms with Crippen molar-refractivity contribution in [3.05, 3.63) is 59.4 Å². The summed E-state index contributed by atoms with van der Waals surface area (Å²) in [6, 6.07) is 13.9. The Morgan fingerprint density at radius 1 is 1.15 bits per heavy atom. The van der Waals surface area contributed by atoms with Crippen LogP contribution in [0.15, 0.2) is 42.5 Å². The van der Waals surface area contributed by atoms with Gasteiger partial charge in [0.2, 0.25) is 11.8 Å². The zero-order valence-electron chi connectivity index (χ0n) is 23.5. The van der Waals surface area contributed by atoms with Gasteiger partial charge < -0.3 is 25.1 Å². The summed E-state index contributed by atoms with van der Waals surface area (Å²) < 4.78 is 11.6. The van der Waals surface area contributed by atoms with Crippen molar-refractivity contribution >= 4 is 22.8 Å². The van der Waals surface area contributed by atoms with Crippen LogP contribution in [0, 0.1) is 11.8 Å². The predicted molar refractivity (Wildman–Crippen MR) is 153 cm³/mol. The number of ether oxygens (including phenoxy) is 2. The Labute approximate surface area is 235 Å². The molecule has 1 aliphatic carbocycles. The van der Waals surface area contributed by atoms with E-state index in [-0.39, 0.29) is 17.7 Å². The predicted octanol–water partition coefficient (Wildman–Crippen LogP) is 4.39. The van der Waals surface area contributed by atoms with Crippen LogP contribution in [-0.2, 0) is 26.2 Å². The number of likely N-dealkylation sites (N-methyl/N-ethyl adjacent to an activating group) is 1. The summed E-state index contributed by atoms with van der Waals surface area (Å²) in [7, 11) is 0. The molecule has 8 heteroatoms. The molecule has 2 fully saturated rings. The fraction of sp³-hybridized carbons (Fsp3) is 0.531. The van der Waals surface area contributed by atoms with E-state index in [4.69, 9.17) is 14.5 Å². The quantitative estimate of drug-likeness (QED) is 0.390. The molecule has 3 N–H and O–H groups in total. The fourth-order valence-electron chi connectivity index (χ4n) is 6.64. The van der Waals surface area contributed by atoms with E-state index >= 15 is 0 Å². The van der Waals surface area contributed by atoms with Crippen molar-refractivity contribution in [2.45, 2.75) is 69.7 Å². The first kappa shape index (κ1) is 26.8. The van der Waals surface area contributed by atoms with Gasteiger partial charge in [0, 0.05) is 32.1 Å². The van der Waals surface area contributed by atoms with E-state index in [0.717, 1.165) is 53.9 Å². The van der Waals surface area contributed by atoms with E-state index in [9.17, 15) is 9.59 Å². The van der Waals surface area contributed by atoms with Crippen molar-refractivity contribution in [2.75, 3.05) is 26.4 Å². The molecule has 2 amide bonds. The second kappa shape index (κ2) is 11.2. The molecule has 0 bridgehead atoms. The number of aromatic amines is 1. The summed E-state index contributed by atoms with van der Waals surface area (Å²) in [5.41, 5.74) is 3.25. The fourth-order valence-corrected chi connectivity index (χ4v) is 6.64. The molecular weight excluding hydrogens is 504 g/mol. The molecule has 0 radical (unpaired) electrons. The van der Waals surface area contributed by atoms with Crippen LogP contribution >= 0.6 is 0 Å². The highest BCUT2D eigenvalue weighted by Crippen LogP contribution is 2.40. The molecule has 212 valence electrons. The lowest BCUT2D eigenvalue weighted by Gasteiger charge is -2.40. The van der Waals surface area contributed by atoms with Gasteiger partial charge in [-0.05, 0) is 73.8 Å². The van der Waals surface area contributed by atoms with Crippen molar-refractivity contribution in [3.8, 4) is 5.75 Å². The lowest BCUT2D eigenvalue weighted by Crippen LogP contribution is -2.58. The number of nitrogens with zero attached hydrogens (tertiary/aromatic N) is 1. The summed E-state index contributed by atoms with van der Waals surface area (Å²) in [5, 5.41) is 6.12. The van der Waals surface area contributed by atoms with Gasteiger partial charge in [0.25, 0.3) is 0 Å². The van der Waals surface area contributed by atoms with E-state index in [1.165, 1.54) is 5.56 Å². The molecule has 3 aliphatic rings. The second-order valence-corrected chi connectivity index (χ2v) is 11.8. The minimum atomic E-state index is -0.750. The Morgan fingerprint density at radius 2 is 1.95 bits per heavy atom. The maximum Gasteiger partial charge on any atom is 0.242 e. The van der Waals surface area contributed by atoms with Gasteiger partial charge in [-0.25, -0.2) is 4.98 Å². The Balaban J connectivity index is 1.28. The van der Waals surface area contributed by atoms with Crippen LogP contribution in [0.5, 0.6) is 5.75 Å². The minimum absolute atomic E-state index is 0.0781. The van der Waals surface area contributed by atoms with Crippen molar-refractivity contribution in [1.82, 2.24) is 20.6 Å². The van der Waals surface area contributed by atoms with Gasteiger partial charge in [-0.3, -0.25) is 9.59 Å². The number of aromatic nitrogens is 2. The number of carbonyl (C=O) groups is 2. The van der Waals surface area contributed by atoms with Crippen molar-refractivity contribution in [1.29, 1.82) is 0 Å². The molecule has 1 saturated carbocycles. The number of nitrogens with one attached hydrogen (secondary N) is 3. The molecule has 3 aromatic rings. The van der Waals surface area contributed by atoms with Crippen LogP contribution in [-0.4, -0.2) is 54.2 Å². The van der Waals surface area contributed by atoms with Gasteiger partial charge in [0.15, 0.2) is 0 Å². The van der Waals surface area contributed by atoms with Crippen LogP contribution in [0.2, 0.25) is 0 Å². The normalized spacial score (nSPS) is 22.9. The molecule has 3 heterocycles. The average molecular weight is 545 g/mol. The molecule has 8 nitrogen and oxygen atoms in total. The number of amides is 2. The average Bonchev–Trinajstić information content (AvgIpc) is 3.35. The highest BCUT2D eigenvalue weighted by Gasteiger charge is 2.45. The SMILES string of the molecule is CCNC(=O)[C@H](NC(=O)C1(c2ccc3nc(C[C@@H]4c5ccccc5OCC4C)[nH]c3c2)CCOCC1)C1CCC1. The number of carbonyl (C=O) groups excluding carboxylic acids is 2. The Morgan fingerprint density at radius 3 is 2.70 bits per heavy atom. The van der Waals surface area contributed by atoms with Gasteiger partial charge in [-0.15, -0.1) is 0 Å². The van der Waals surface area contributed by atoms with E-state index in [0.29, 0.717) is 51.0 Å². The lowest BCUT2D eigenvalue weighted by molar-refractivity contribution is -0.136. The summed E-state index contributed by atoms with van der Waals surface area (Å²) in [4.78, 5) is 35.5. The Hall–Kier alpha value is -3.39. The molecule has 1 unspecified atom stereocenters. The monoisotopic (exact) mass is 544 g/mol. The van der Waals surface area contributed by atoms with E-state index in [1.807, 2.05) is 31.2 Å². The summed E-state index contributed by atoms with van der Waals surface area (Å²) >= 11 is 0. The Bertz CT molecular complexity index is 1370. The minimum Gasteiger partial charge on any atom is -0.493 e. The van der Waals surface area contributed by atoms with E-state index in [2.05, 4.69) is 40.7 Å². The molecule has 6 rings (SSSR count). The maximum absolute atomic E-state index is 14.1. The maximum atomic E-state index is 14.1. The summed E-state index contributed by atoms with van der Waals surface area (Å²) in [5.74, 6) is 2.63. The van der Waals surface area contributed by atoms with Crippen LogP contribution < -0.4 is 15.4 Å². The third kappa shape index (κ3) is 4.98. The number of hydrogen-bond acceptors (Lipinski definition) is 5. The number of benzene rings is 2. The van der Waals surface area contributed by atoms with Crippen LogP contribution in [0.1, 0.15) is 68.8 Å². The first-order valence-electron chi connectivity index (χ1n) is 14.9. The van der Waals surface area contributed by atoms with E-state index in [1.54, 1.807) is 0 Å². The number of para-hydroxylation sites is 1. The largest absolute Gasteiger partial charge is 0.493 e. The smallest absolute Gasteiger partial charge is 0.242 e. The van der Waals surface area contributed by atoms with Gasteiger partial charge in [0.05, 0.1) is 23.1 Å². The molecular formula is C32H40N4O4. The number of H-pyrrole nitrogens is 1. The van der Waals surface area contributed by atoms with Crippen molar-refractivity contribution in [2.24, 2.45) is 11.8 Å². The highest BCUT2D eigenvalue weighted by atomic mass is 16.5. The first-order valence-corrected chi connectivity index (χ1v) is 14.9. The number of imidazole rings is 1. The van der Waals surface area contributed by atoms with Crippen molar-refractivity contribution in [3.63, 3.8) is 0 Å². The Kier molecular flexibility index (Phi) is 7.53. The second-order valence-electron chi connectivity index (χ2n) is 11.8. The van der Waals surface area contributed by atoms with Gasteiger partial charge in [-0.1, -0.05) is 37.6 Å². The standard InChI is InChI=1S/C32H40N4O4/c1-3-33-30(37)29(21-7-6-8-21)36-31(38)32(13-15-39-16-14-32)22-11-12-25-26(17-22)35-28(34-25)18-24-20(2)19-40-27-10-5-4-9-23(24)27/h4-5,9-12,17,20-21,24,29H,3,6-8,13-16,18-19H2,1-2H3,(H,33,37)(H,34,35)(H,36,38)/t20?,24-,29+/m0/s1. The highest BCUT2D eigenvalue weighted by molar-refractivity contribution is 5.94. The molecule has 3 atom stereocenters. The lowest BCUT2D eigenvalue weighted by atomic mass is 9.72. The number of hydrogen-bond donors (Lipinski definition) is 3. The third-order valence-electron chi connectivity index (χ3n) is 9.33. The summed E-state index contributed by atoms with van der Waals surface area (Å²) in [6.45, 7) is 6.41. The van der Waals surface area contributed by atoms with Gasteiger partial charge >= 0.3 is 0 Å². The summed E-state index contributed by atoms with van der Waals surface area (Å²) in [6.07, 6.45) is 4.99. The third-order valence-corrected chi connectivity index (χ3v) is 9.33. The molecule has 0 spiro atoms. The van der Waals surface area contributed by atoms with Gasteiger partial charge in [-0.2, -0.15) is 0 Å². The van der Waals surface area contributed by atoms with E-state index < -0.39 is 11.5 Å². The zero-order chi connectivity index (χ0) is 27.7. The number of rotatable bonds is 8. The van der Waals surface area contributed by atoms with Crippen LogP contribution in [0.25, 0.3) is 11.0 Å². The topological polar surface area (TPSA) is 105 Å². The first-order chi connectivity index (χ1) is 19.5. The molecule has 2 aromatic carbocycles. The van der Waals surface area contributed by atoms with Crippen LogP contribution in [0.4, 0.5) is 0 Å². The van der Waals surface area contributed by atoms with Crippen molar-refractivity contribution < 1.29 is 19.1 Å². The zero-order valence-corrected chi connectivity index (χ0v) is 23.5.